The Morgan fingerprint density at radius 1 is 1.36 bits per heavy atom. The fraction of sp³-hybridized carbons (Fsp3) is 0.727. The van der Waals surface area contributed by atoms with Crippen molar-refractivity contribution in [2.45, 2.75) is 38.4 Å². The van der Waals surface area contributed by atoms with E-state index in [-0.39, 0.29) is 18.2 Å². The Morgan fingerprint density at radius 3 is 2.50 bits per heavy atom. The molecule has 2 fully saturated rings. The summed E-state index contributed by atoms with van der Waals surface area (Å²) in [4.78, 5) is 11.3. The van der Waals surface area contributed by atoms with Crippen LogP contribution in [0.1, 0.15) is 26.2 Å². The van der Waals surface area contributed by atoms with E-state index in [9.17, 15) is 9.90 Å². The molecule has 0 radical (unpaired) electrons. The van der Waals surface area contributed by atoms with E-state index in [1.165, 1.54) is 0 Å². The first-order chi connectivity index (χ1) is 6.58. The van der Waals surface area contributed by atoms with E-state index < -0.39 is 0 Å². The fourth-order valence-corrected chi connectivity index (χ4v) is 2.57. The van der Waals surface area contributed by atoms with Crippen LogP contribution in [0.5, 0.6) is 0 Å². The lowest BCUT2D eigenvalue weighted by molar-refractivity contribution is -0.147. The maximum atomic E-state index is 11.3. The van der Waals surface area contributed by atoms with E-state index in [0.717, 1.165) is 19.3 Å². The van der Waals surface area contributed by atoms with Crippen LogP contribution in [0.25, 0.3) is 0 Å². The second-order valence-electron chi connectivity index (χ2n) is 4.52. The summed E-state index contributed by atoms with van der Waals surface area (Å²) in [6, 6.07) is 0. The van der Waals surface area contributed by atoms with Crippen molar-refractivity contribution in [3.63, 3.8) is 0 Å². The van der Waals surface area contributed by atoms with Crippen LogP contribution in [0.2, 0.25) is 0 Å². The number of hydrogen-bond acceptors (Lipinski definition) is 3. The highest BCUT2D eigenvalue weighted by molar-refractivity contribution is 5.87. The van der Waals surface area contributed by atoms with Gasteiger partial charge in [-0.2, -0.15) is 0 Å². The molecule has 0 saturated heterocycles. The summed E-state index contributed by atoms with van der Waals surface area (Å²) in [5.74, 6) is 0.429. The van der Waals surface area contributed by atoms with Crippen molar-refractivity contribution in [2.75, 3.05) is 0 Å². The summed E-state index contributed by atoms with van der Waals surface area (Å²) in [6.07, 6.45) is 2.48. The van der Waals surface area contributed by atoms with Crippen LogP contribution in [0.4, 0.5) is 0 Å². The first-order valence-electron chi connectivity index (χ1n) is 5.12. The SMILES string of the molecule is C=C(C)C(=O)OC1CC2CC1CC2O. The highest BCUT2D eigenvalue weighted by Crippen LogP contribution is 2.46. The van der Waals surface area contributed by atoms with Gasteiger partial charge in [0.1, 0.15) is 6.10 Å². The molecule has 0 aromatic rings. The molecule has 1 N–H and O–H groups in total. The summed E-state index contributed by atoms with van der Waals surface area (Å²) in [5.41, 5.74) is 0.452. The molecular weight excluding hydrogens is 180 g/mol. The molecular formula is C11H16O3. The van der Waals surface area contributed by atoms with Crippen LogP contribution in [0.3, 0.4) is 0 Å². The number of rotatable bonds is 2. The average Bonchev–Trinajstić information content (AvgIpc) is 2.62. The molecule has 2 bridgehead atoms. The molecule has 0 spiro atoms. The van der Waals surface area contributed by atoms with Gasteiger partial charge in [-0.05, 0) is 38.0 Å². The second kappa shape index (κ2) is 3.39. The number of aliphatic hydroxyl groups is 1. The van der Waals surface area contributed by atoms with E-state index in [1.807, 2.05) is 0 Å². The lowest BCUT2D eigenvalue weighted by atomic mass is 9.95. The van der Waals surface area contributed by atoms with Crippen molar-refractivity contribution in [3.8, 4) is 0 Å². The third-order valence-corrected chi connectivity index (χ3v) is 3.36. The quantitative estimate of drug-likeness (QED) is 0.534. The number of aliphatic hydroxyl groups excluding tert-OH is 1. The minimum absolute atomic E-state index is 0.0209. The molecule has 4 unspecified atom stereocenters. The third kappa shape index (κ3) is 1.57. The van der Waals surface area contributed by atoms with Gasteiger partial charge in [-0.3, -0.25) is 0 Å². The molecule has 4 atom stereocenters. The van der Waals surface area contributed by atoms with Crippen molar-refractivity contribution in [1.29, 1.82) is 0 Å². The number of carbonyl (C=O) groups is 1. The number of ether oxygens (including phenoxy) is 1. The van der Waals surface area contributed by atoms with Crippen LogP contribution < -0.4 is 0 Å². The van der Waals surface area contributed by atoms with E-state index in [4.69, 9.17) is 4.74 Å². The smallest absolute Gasteiger partial charge is 0.333 e. The highest BCUT2D eigenvalue weighted by atomic mass is 16.5. The van der Waals surface area contributed by atoms with Crippen LogP contribution in [-0.2, 0) is 9.53 Å². The van der Waals surface area contributed by atoms with E-state index >= 15 is 0 Å². The first-order valence-corrected chi connectivity index (χ1v) is 5.12. The molecule has 14 heavy (non-hydrogen) atoms. The number of fused-ring (bicyclic) bond motifs is 2. The molecule has 2 saturated carbocycles. The van der Waals surface area contributed by atoms with Crippen LogP contribution >= 0.6 is 0 Å². The zero-order valence-corrected chi connectivity index (χ0v) is 8.40. The lowest BCUT2D eigenvalue weighted by Gasteiger charge is -2.24. The van der Waals surface area contributed by atoms with Gasteiger partial charge >= 0.3 is 5.97 Å². The number of carbonyl (C=O) groups excluding carboxylic acids is 1. The Balaban J connectivity index is 1.91. The second-order valence-corrected chi connectivity index (χ2v) is 4.52. The lowest BCUT2D eigenvalue weighted by Crippen LogP contribution is -2.29. The Morgan fingerprint density at radius 2 is 2.07 bits per heavy atom. The predicted octanol–water partition coefficient (Wildman–Crippen LogP) is 1.27. The molecule has 0 amide bonds. The minimum Gasteiger partial charge on any atom is -0.459 e. The normalized spacial score (nSPS) is 39.9. The zero-order valence-electron chi connectivity index (χ0n) is 8.40. The molecule has 0 heterocycles. The maximum Gasteiger partial charge on any atom is 0.333 e. The van der Waals surface area contributed by atoms with Gasteiger partial charge in [0.2, 0.25) is 0 Å². The molecule has 78 valence electrons. The van der Waals surface area contributed by atoms with Gasteiger partial charge in [-0.1, -0.05) is 6.58 Å². The summed E-state index contributed by atoms with van der Waals surface area (Å²) in [5, 5.41) is 9.52. The standard InChI is InChI=1S/C11H16O3/c1-6(2)11(13)14-10-5-7-3-8(10)4-9(7)12/h7-10,12H,1,3-5H2,2H3. The molecule has 0 aromatic carbocycles. The van der Waals surface area contributed by atoms with Crippen molar-refractivity contribution in [1.82, 2.24) is 0 Å². The Hall–Kier alpha value is -0.830. The molecule has 0 aliphatic heterocycles. The zero-order chi connectivity index (χ0) is 10.3. The average molecular weight is 196 g/mol. The molecule has 3 heteroatoms. The number of esters is 1. The Kier molecular flexibility index (Phi) is 2.35. The summed E-state index contributed by atoms with van der Waals surface area (Å²) in [7, 11) is 0. The van der Waals surface area contributed by atoms with Crippen molar-refractivity contribution in [2.24, 2.45) is 11.8 Å². The van der Waals surface area contributed by atoms with Crippen LogP contribution in [0.15, 0.2) is 12.2 Å². The van der Waals surface area contributed by atoms with E-state index in [2.05, 4.69) is 6.58 Å². The fourth-order valence-electron chi connectivity index (χ4n) is 2.57. The summed E-state index contributed by atoms with van der Waals surface area (Å²) in [6.45, 7) is 5.21. The summed E-state index contributed by atoms with van der Waals surface area (Å²) < 4.78 is 5.31. The Bertz CT molecular complexity index is 270. The molecule has 3 nitrogen and oxygen atoms in total. The van der Waals surface area contributed by atoms with E-state index in [0.29, 0.717) is 17.4 Å². The maximum absolute atomic E-state index is 11.3. The van der Waals surface area contributed by atoms with Crippen molar-refractivity contribution >= 4 is 5.97 Å². The van der Waals surface area contributed by atoms with Gasteiger partial charge in [0.25, 0.3) is 0 Å². The van der Waals surface area contributed by atoms with Crippen molar-refractivity contribution < 1.29 is 14.6 Å². The molecule has 2 aliphatic carbocycles. The van der Waals surface area contributed by atoms with Gasteiger partial charge < -0.3 is 9.84 Å². The van der Waals surface area contributed by atoms with Crippen LogP contribution in [0, 0.1) is 11.8 Å². The first kappa shape index (κ1) is 9.71. The van der Waals surface area contributed by atoms with Crippen molar-refractivity contribution in [3.05, 3.63) is 12.2 Å². The largest absolute Gasteiger partial charge is 0.459 e. The van der Waals surface area contributed by atoms with Gasteiger partial charge in [-0.15, -0.1) is 0 Å². The predicted molar refractivity (Wildman–Crippen MR) is 51.5 cm³/mol. The molecule has 2 rings (SSSR count). The molecule has 2 aliphatic rings. The Labute approximate surface area is 83.8 Å². The van der Waals surface area contributed by atoms with Gasteiger partial charge in [-0.25, -0.2) is 4.79 Å². The van der Waals surface area contributed by atoms with E-state index in [1.54, 1.807) is 6.92 Å². The monoisotopic (exact) mass is 196 g/mol. The van der Waals surface area contributed by atoms with Gasteiger partial charge in [0.15, 0.2) is 0 Å². The van der Waals surface area contributed by atoms with Crippen LogP contribution in [-0.4, -0.2) is 23.3 Å². The van der Waals surface area contributed by atoms with Gasteiger partial charge in [0, 0.05) is 5.57 Å². The highest BCUT2D eigenvalue weighted by Gasteiger charge is 2.46. The topological polar surface area (TPSA) is 46.5 Å². The third-order valence-electron chi connectivity index (χ3n) is 3.36. The number of hydrogen-bond donors (Lipinski definition) is 1. The minimum atomic E-state index is -0.294. The molecule has 0 aromatic heterocycles. The summed E-state index contributed by atoms with van der Waals surface area (Å²) >= 11 is 0. The van der Waals surface area contributed by atoms with Gasteiger partial charge in [0.05, 0.1) is 6.10 Å².